The Bertz CT molecular complexity index is 925. The molecule has 160 valence electrons. The van der Waals surface area contributed by atoms with Crippen LogP contribution in [0.5, 0.6) is 0 Å². The van der Waals surface area contributed by atoms with Crippen molar-refractivity contribution in [3.8, 4) is 0 Å². The number of carbonyl (C=O) groups excluding carboxylic acids is 1. The first-order chi connectivity index (χ1) is 14.1. The molecular formula is C22H22F3NO4. The maximum Gasteiger partial charge on any atom is 0.416 e. The lowest BCUT2D eigenvalue weighted by molar-refractivity contribution is -0.137. The van der Waals surface area contributed by atoms with E-state index in [2.05, 4.69) is 0 Å². The van der Waals surface area contributed by atoms with Crippen molar-refractivity contribution in [3.63, 3.8) is 0 Å². The monoisotopic (exact) mass is 421 g/mol. The molecule has 0 saturated carbocycles. The Morgan fingerprint density at radius 3 is 2.47 bits per heavy atom. The van der Waals surface area contributed by atoms with E-state index in [1.165, 1.54) is 12.1 Å². The summed E-state index contributed by atoms with van der Waals surface area (Å²) in [4.78, 5) is 25.2. The van der Waals surface area contributed by atoms with Crippen LogP contribution in [0.4, 0.5) is 18.0 Å². The summed E-state index contributed by atoms with van der Waals surface area (Å²) in [7, 11) is 0. The van der Waals surface area contributed by atoms with E-state index in [1.807, 2.05) is 6.07 Å². The molecule has 1 N–H and O–H groups in total. The van der Waals surface area contributed by atoms with E-state index >= 15 is 0 Å². The minimum atomic E-state index is -4.40. The highest BCUT2D eigenvalue weighted by molar-refractivity contribution is 5.89. The molecule has 1 fully saturated rings. The van der Waals surface area contributed by atoms with Crippen LogP contribution in [0.1, 0.15) is 51.4 Å². The van der Waals surface area contributed by atoms with Crippen molar-refractivity contribution in [2.45, 2.75) is 38.5 Å². The van der Waals surface area contributed by atoms with Gasteiger partial charge in [0.1, 0.15) is 6.61 Å². The van der Waals surface area contributed by atoms with Crippen molar-refractivity contribution in [2.24, 2.45) is 0 Å². The van der Waals surface area contributed by atoms with Gasteiger partial charge in [-0.15, -0.1) is 0 Å². The lowest BCUT2D eigenvalue weighted by Gasteiger charge is -2.32. The number of carbonyl (C=O) groups is 2. The maximum atomic E-state index is 12.6. The summed E-state index contributed by atoms with van der Waals surface area (Å²) in [5.41, 5.74) is 1.62. The molecule has 8 heteroatoms. The fourth-order valence-corrected chi connectivity index (χ4v) is 3.62. The van der Waals surface area contributed by atoms with Gasteiger partial charge in [-0.3, -0.25) is 0 Å². The average molecular weight is 421 g/mol. The fraction of sp³-hybridized carbons (Fsp3) is 0.364. The topological polar surface area (TPSA) is 66.8 Å². The number of aryl methyl sites for hydroxylation is 1. The van der Waals surface area contributed by atoms with Crippen molar-refractivity contribution in [1.82, 2.24) is 4.90 Å². The number of carboxylic acid groups (broad SMARTS) is 1. The van der Waals surface area contributed by atoms with Crippen LogP contribution >= 0.6 is 0 Å². The zero-order valence-corrected chi connectivity index (χ0v) is 16.4. The number of carboxylic acids is 1. The van der Waals surface area contributed by atoms with Crippen LogP contribution in [0.3, 0.4) is 0 Å². The summed E-state index contributed by atoms with van der Waals surface area (Å²) in [6, 6.07) is 9.70. The minimum Gasteiger partial charge on any atom is -0.478 e. The van der Waals surface area contributed by atoms with Gasteiger partial charge in [0.05, 0.1) is 11.1 Å². The number of hydrogen-bond donors (Lipinski definition) is 1. The zero-order valence-electron chi connectivity index (χ0n) is 16.4. The molecule has 1 unspecified atom stereocenters. The second-order valence-corrected chi connectivity index (χ2v) is 7.41. The van der Waals surface area contributed by atoms with E-state index in [0.29, 0.717) is 24.2 Å². The van der Waals surface area contributed by atoms with Crippen molar-refractivity contribution in [3.05, 3.63) is 70.3 Å². The number of halogens is 3. The number of amides is 1. The van der Waals surface area contributed by atoms with E-state index < -0.39 is 23.8 Å². The molecule has 1 saturated heterocycles. The number of hydrogen-bond acceptors (Lipinski definition) is 3. The summed E-state index contributed by atoms with van der Waals surface area (Å²) in [5, 5.41) is 9.16. The molecule has 30 heavy (non-hydrogen) atoms. The van der Waals surface area contributed by atoms with Crippen LogP contribution < -0.4 is 0 Å². The first-order valence-electron chi connectivity index (χ1n) is 9.57. The molecule has 2 aromatic rings. The third kappa shape index (κ3) is 5.11. The number of ether oxygens (including phenoxy) is 1. The molecule has 1 heterocycles. The van der Waals surface area contributed by atoms with Crippen LogP contribution in [0.2, 0.25) is 0 Å². The average Bonchev–Trinajstić information content (AvgIpc) is 2.71. The van der Waals surface area contributed by atoms with Gasteiger partial charge in [0.2, 0.25) is 0 Å². The summed E-state index contributed by atoms with van der Waals surface area (Å²) >= 11 is 0. The molecule has 0 radical (unpaired) electrons. The number of aromatic carboxylic acids is 1. The molecule has 2 aromatic carbocycles. The van der Waals surface area contributed by atoms with Crippen molar-refractivity contribution < 1.29 is 32.6 Å². The standard InChI is InChI=1S/C22H22F3NO4/c1-14-11-16(6-9-19(14)20(27)28)17-3-2-10-26(12-17)21(29)30-13-15-4-7-18(8-5-15)22(23,24)25/h4-9,11,17H,2-3,10,12-13H2,1H3,(H,27,28). The van der Waals surface area contributed by atoms with Gasteiger partial charge in [0, 0.05) is 19.0 Å². The molecule has 0 bridgehead atoms. The molecule has 1 aliphatic heterocycles. The zero-order chi connectivity index (χ0) is 21.9. The van der Waals surface area contributed by atoms with Gasteiger partial charge < -0.3 is 14.7 Å². The fourth-order valence-electron chi connectivity index (χ4n) is 3.62. The predicted molar refractivity (Wildman–Crippen MR) is 103 cm³/mol. The number of likely N-dealkylation sites (tertiary alicyclic amines) is 1. The molecule has 1 aliphatic rings. The minimum absolute atomic E-state index is 0.0684. The van der Waals surface area contributed by atoms with Gasteiger partial charge in [0.15, 0.2) is 0 Å². The summed E-state index contributed by atoms with van der Waals surface area (Å²) in [6.45, 7) is 2.61. The Balaban J connectivity index is 1.59. The van der Waals surface area contributed by atoms with Crippen LogP contribution in [0.25, 0.3) is 0 Å². The third-order valence-electron chi connectivity index (χ3n) is 5.28. The summed E-state index contributed by atoms with van der Waals surface area (Å²) < 4.78 is 43.1. The summed E-state index contributed by atoms with van der Waals surface area (Å²) in [6.07, 6.45) is -3.27. The maximum absolute atomic E-state index is 12.6. The van der Waals surface area contributed by atoms with Crippen molar-refractivity contribution in [1.29, 1.82) is 0 Å². The molecular weight excluding hydrogens is 399 g/mol. The Morgan fingerprint density at radius 1 is 1.17 bits per heavy atom. The number of benzene rings is 2. The molecule has 1 atom stereocenters. The van der Waals surface area contributed by atoms with Gasteiger partial charge in [-0.2, -0.15) is 13.2 Å². The Labute approximate surface area is 172 Å². The number of rotatable bonds is 4. The van der Waals surface area contributed by atoms with Gasteiger partial charge in [-0.25, -0.2) is 9.59 Å². The Morgan fingerprint density at radius 2 is 1.87 bits per heavy atom. The lowest BCUT2D eigenvalue weighted by atomic mass is 9.89. The molecule has 1 amide bonds. The van der Waals surface area contributed by atoms with Gasteiger partial charge >= 0.3 is 18.2 Å². The first-order valence-corrected chi connectivity index (χ1v) is 9.57. The van der Waals surface area contributed by atoms with E-state index in [0.717, 1.165) is 30.5 Å². The second kappa shape index (κ2) is 8.77. The van der Waals surface area contributed by atoms with E-state index in [4.69, 9.17) is 9.84 Å². The second-order valence-electron chi connectivity index (χ2n) is 7.41. The molecule has 0 spiro atoms. The highest BCUT2D eigenvalue weighted by Crippen LogP contribution is 2.30. The van der Waals surface area contributed by atoms with Gasteiger partial charge in [0.25, 0.3) is 0 Å². The van der Waals surface area contributed by atoms with E-state index in [-0.39, 0.29) is 18.1 Å². The van der Waals surface area contributed by atoms with Crippen molar-refractivity contribution >= 4 is 12.1 Å². The third-order valence-corrected chi connectivity index (χ3v) is 5.28. The van der Waals surface area contributed by atoms with Crippen LogP contribution in [-0.2, 0) is 17.5 Å². The Kier molecular flexibility index (Phi) is 6.34. The van der Waals surface area contributed by atoms with E-state index in [1.54, 1.807) is 24.0 Å². The van der Waals surface area contributed by atoms with E-state index in [9.17, 15) is 22.8 Å². The number of alkyl halides is 3. The lowest BCUT2D eigenvalue weighted by Crippen LogP contribution is -2.39. The van der Waals surface area contributed by atoms with Crippen LogP contribution in [-0.4, -0.2) is 35.2 Å². The summed E-state index contributed by atoms with van der Waals surface area (Å²) in [5.74, 6) is -0.907. The molecule has 5 nitrogen and oxygen atoms in total. The smallest absolute Gasteiger partial charge is 0.416 e. The normalized spacial score (nSPS) is 16.9. The molecule has 0 aromatic heterocycles. The Hall–Kier alpha value is -3.03. The van der Waals surface area contributed by atoms with Gasteiger partial charge in [-0.1, -0.05) is 24.3 Å². The molecule has 3 rings (SSSR count). The van der Waals surface area contributed by atoms with Crippen molar-refractivity contribution in [2.75, 3.05) is 13.1 Å². The SMILES string of the molecule is Cc1cc(C2CCCN(C(=O)OCc3ccc(C(F)(F)F)cc3)C2)ccc1C(=O)O. The number of nitrogens with zero attached hydrogens (tertiary/aromatic N) is 1. The highest BCUT2D eigenvalue weighted by atomic mass is 19.4. The van der Waals surface area contributed by atoms with Crippen LogP contribution in [0.15, 0.2) is 42.5 Å². The first kappa shape index (κ1) is 21.7. The quantitative estimate of drug-likeness (QED) is 0.734. The molecule has 0 aliphatic carbocycles. The predicted octanol–water partition coefficient (Wildman–Crippen LogP) is 5.23. The largest absolute Gasteiger partial charge is 0.478 e. The number of piperidine rings is 1. The van der Waals surface area contributed by atoms with Gasteiger partial charge in [-0.05, 0) is 54.7 Å². The van der Waals surface area contributed by atoms with Crippen LogP contribution in [0, 0.1) is 6.92 Å². The highest BCUT2D eigenvalue weighted by Gasteiger charge is 2.30.